The molecule has 0 spiro atoms. The maximum atomic E-state index is 10.0. The van der Waals surface area contributed by atoms with E-state index in [9.17, 15) is 4.79 Å². The molecule has 3 nitrogen and oxygen atoms in total. The first-order valence-corrected chi connectivity index (χ1v) is 8.15. The van der Waals surface area contributed by atoms with E-state index in [1.807, 2.05) is 13.1 Å². The first-order valence-electron chi connectivity index (χ1n) is 4.50. The lowest BCUT2D eigenvalue weighted by Gasteiger charge is -2.21. The fourth-order valence-corrected chi connectivity index (χ4v) is 1.98. The molecule has 0 unspecified atom stereocenters. The number of aliphatic imine (C=N–C) groups is 1. The van der Waals surface area contributed by atoms with Gasteiger partial charge in [0.2, 0.25) is 6.08 Å². The van der Waals surface area contributed by atoms with Crippen LogP contribution in [0.2, 0.25) is 13.1 Å². The Bertz CT molecular complexity index is 372. The molecule has 1 rings (SSSR count). The Kier molecular flexibility index (Phi) is 4.09. The molecule has 0 radical (unpaired) electrons. The Labute approximate surface area is 94.9 Å². The molecule has 1 aromatic carbocycles. The number of nitrogens with zero attached hydrogens (tertiary/aromatic N) is 1. The quantitative estimate of drug-likeness (QED) is 0.352. The minimum absolute atomic E-state index is 0.543. The third-order valence-electron chi connectivity index (χ3n) is 1.73. The summed E-state index contributed by atoms with van der Waals surface area (Å²) in [5.74, 6) is 0.761. The predicted octanol–water partition coefficient (Wildman–Crippen LogP) is 3.02. The predicted molar refractivity (Wildman–Crippen MR) is 63.1 cm³/mol. The molecular formula is C10H12ClNO2Si. The van der Waals surface area contributed by atoms with Gasteiger partial charge in [-0.05, 0) is 37.4 Å². The Morgan fingerprint density at radius 1 is 1.40 bits per heavy atom. The molecule has 0 saturated carbocycles. The van der Waals surface area contributed by atoms with E-state index in [0.29, 0.717) is 11.2 Å². The Morgan fingerprint density at radius 2 is 2.00 bits per heavy atom. The smallest absolute Gasteiger partial charge is 0.259 e. The number of isocyanates is 1. The van der Waals surface area contributed by atoms with Crippen LogP contribution in [0.3, 0.4) is 0 Å². The average Bonchev–Trinajstić information content (AvgIpc) is 2.21. The highest BCUT2D eigenvalue weighted by molar-refractivity contribution is 6.78. The average molecular weight is 242 g/mol. The molecule has 0 aromatic heterocycles. The molecule has 15 heavy (non-hydrogen) atoms. The van der Waals surface area contributed by atoms with Crippen molar-refractivity contribution in [1.82, 2.24) is 0 Å². The van der Waals surface area contributed by atoms with Gasteiger partial charge in [0.15, 0.2) is 0 Å². The second-order valence-electron chi connectivity index (χ2n) is 3.69. The van der Waals surface area contributed by atoms with Gasteiger partial charge < -0.3 is 4.43 Å². The van der Waals surface area contributed by atoms with Crippen LogP contribution in [0.25, 0.3) is 0 Å². The van der Waals surface area contributed by atoms with Crippen LogP contribution in [-0.2, 0) is 4.79 Å². The molecule has 0 aliphatic carbocycles. The fourth-order valence-electron chi connectivity index (χ4n) is 0.988. The number of rotatable bonds is 4. The Balaban J connectivity index is 2.76. The molecule has 0 N–H and O–H groups in total. The maximum Gasteiger partial charge on any atom is 0.259 e. The van der Waals surface area contributed by atoms with Crippen LogP contribution < -0.4 is 4.43 Å². The van der Waals surface area contributed by atoms with Gasteiger partial charge in [-0.2, -0.15) is 4.99 Å². The van der Waals surface area contributed by atoms with Crippen molar-refractivity contribution in [1.29, 1.82) is 0 Å². The lowest BCUT2D eigenvalue weighted by molar-refractivity contribution is 0.556. The highest BCUT2D eigenvalue weighted by Gasteiger charge is 2.22. The van der Waals surface area contributed by atoms with E-state index in [1.54, 1.807) is 24.3 Å². The van der Waals surface area contributed by atoms with Gasteiger partial charge in [0.25, 0.3) is 8.32 Å². The summed E-state index contributed by atoms with van der Waals surface area (Å²) in [6.45, 7) is 4.08. The van der Waals surface area contributed by atoms with Gasteiger partial charge in [0.1, 0.15) is 5.75 Å². The normalized spacial score (nSPS) is 10.6. The zero-order valence-electron chi connectivity index (χ0n) is 8.66. The molecule has 0 amide bonds. The zero-order chi connectivity index (χ0) is 11.3. The number of hydrogen-bond acceptors (Lipinski definition) is 3. The van der Waals surface area contributed by atoms with Crippen LogP contribution in [0.1, 0.15) is 0 Å². The van der Waals surface area contributed by atoms with E-state index in [4.69, 9.17) is 16.0 Å². The first kappa shape index (κ1) is 12.0. The second kappa shape index (κ2) is 5.12. The van der Waals surface area contributed by atoms with Crippen LogP contribution in [0.4, 0.5) is 5.69 Å². The number of hydrogen-bond donors (Lipinski definition) is 0. The zero-order valence-corrected chi connectivity index (χ0v) is 10.4. The van der Waals surface area contributed by atoms with Gasteiger partial charge in [-0.15, -0.1) is 11.6 Å². The molecule has 5 heteroatoms. The van der Waals surface area contributed by atoms with Crippen LogP contribution >= 0.6 is 11.6 Å². The summed E-state index contributed by atoms with van der Waals surface area (Å²) in [5, 5.41) is 0. The van der Waals surface area contributed by atoms with Crippen LogP contribution in [0.15, 0.2) is 29.3 Å². The van der Waals surface area contributed by atoms with Gasteiger partial charge in [0, 0.05) is 0 Å². The van der Waals surface area contributed by atoms with Crippen molar-refractivity contribution in [3.8, 4) is 5.75 Å². The highest BCUT2D eigenvalue weighted by Crippen LogP contribution is 2.20. The van der Waals surface area contributed by atoms with Crippen LogP contribution in [-0.4, -0.2) is 19.9 Å². The monoisotopic (exact) mass is 241 g/mol. The van der Waals surface area contributed by atoms with Crippen molar-refractivity contribution in [2.24, 2.45) is 4.99 Å². The Hall–Kier alpha value is -1.09. The summed E-state index contributed by atoms with van der Waals surface area (Å²) in [6, 6.07) is 6.97. The third-order valence-corrected chi connectivity index (χ3v) is 5.09. The van der Waals surface area contributed by atoms with Crippen molar-refractivity contribution in [2.75, 3.05) is 5.50 Å². The van der Waals surface area contributed by atoms with Gasteiger partial charge in [-0.25, -0.2) is 4.79 Å². The van der Waals surface area contributed by atoms with Crippen molar-refractivity contribution in [2.45, 2.75) is 13.1 Å². The van der Waals surface area contributed by atoms with Crippen molar-refractivity contribution in [3.63, 3.8) is 0 Å². The van der Waals surface area contributed by atoms with Crippen molar-refractivity contribution < 1.29 is 9.22 Å². The van der Waals surface area contributed by atoms with Crippen molar-refractivity contribution >= 4 is 31.7 Å². The van der Waals surface area contributed by atoms with Gasteiger partial charge >= 0.3 is 0 Å². The molecule has 80 valence electrons. The maximum absolute atomic E-state index is 10.0. The standard InChI is InChI=1S/C10H12ClNO2Si/c1-15(2,7-11)14-10-5-3-9(4-6-10)12-8-13/h3-6H,7H2,1-2H3. The minimum Gasteiger partial charge on any atom is -0.543 e. The lowest BCUT2D eigenvalue weighted by atomic mass is 10.3. The summed E-state index contributed by atoms with van der Waals surface area (Å²) in [5.41, 5.74) is 1.11. The number of benzene rings is 1. The van der Waals surface area contributed by atoms with E-state index in [-0.39, 0.29) is 0 Å². The lowest BCUT2D eigenvalue weighted by Crippen LogP contribution is -2.36. The van der Waals surface area contributed by atoms with E-state index >= 15 is 0 Å². The number of carbonyl (C=O) groups excluding carboxylic acids is 1. The van der Waals surface area contributed by atoms with E-state index in [2.05, 4.69) is 4.99 Å². The summed E-state index contributed by atoms with van der Waals surface area (Å²) in [7, 11) is -1.80. The summed E-state index contributed by atoms with van der Waals surface area (Å²) in [6.07, 6.45) is 1.48. The van der Waals surface area contributed by atoms with Gasteiger partial charge in [0.05, 0.1) is 11.2 Å². The van der Waals surface area contributed by atoms with E-state index in [1.165, 1.54) is 6.08 Å². The molecule has 0 fully saturated rings. The molecule has 0 aliphatic rings. The summed E-state index contributed by atoms with van der Waals surface area (Å²) in [4.78, 5) is 13.5. The minimum atomic E-state index is -1.80. The van der Waals surface area contributed by atoms with E-state index in [0.717, 1.165) is 5.75 Å². The first-order chi connectivity index (χ1) is 7.07. The fraction of sp³-hybridized carbons (Fsp3) is 0.300. The molecule has 0 heterocycles. The Morgan fingerprint density at radius 3 is 2.47 bits per heavy atom. The van der Waals surface area contributed by atoms with Gasteiger partial charge in [-0.3, -0.25) is 0 Å². The SMILES string of the molecule is C[Si](C)(CCl)Oc1ccc(N=C=O)cc1. The molecule has 0 atom stereocenters. The summed E-state index contributed by atoms with van der Waals surface area (Å²) < 4.78 is 5.75. The third kappa shape index (κ3) is 3.87. The van der Waals surface area contributed by atoms with Crippen molar-refractivity contribution in [3.05, 3.63) is 24.3 Å². The second-order valence-corrected chi connectivity index (χ2v) is 8.48. The number of halogens is 1. The van der Waals surface area contributed by atoms with Crippen LogP contribution in [0, 0.1) is 0 Å². The molecule has 1 aromatic rings. The van der Waals surface area contributed by atoms with Crippen LogP contribution in [0.5, 0.6) is 5.75 Å². The molecular weight excluding hydrogens is 230 g/mol. The van der Waals surface area contributed by atoms with Gasteiger partial charge in [-0.1, -0.05) is 0 Å². The molecule has 0 aliphatic heterocycles. The summed E-state index contributed by atoms with van der Waals surface area (Å²) >= 11 is 5.79. The topological polar surface area (TPSA) is 38.7 Å². The largest absolute Gasteiger partial charge is 0.543 e. The number of alkyl halides is 1. The highest BCUT2D eigenvalue weighted by atomic mass is 35.5. The van der Waals surface area contributed by atoms with E-state index < -0.39 is 8.32 Å². The molecule has 0 saturated heterocycles. The molecule has 0 bridgehead atoms.